The van der Waals surface area contributed by atoms with E-state index in [9.17, 15) is 0 Å². The number of pyridine rings is 1. The number of hydrogen-bond donors (Lipinski definition) is 3. The van der Waals surface area contributed by atoms with Gasteiger partial charge in [0.25, 0.3) is 0 Å². The van der Waals surface area contributed by atoms with Crippen molar-refractivity contribution in [2.24, 2.45) is 5.92 Å². The Kier molecular flexibility index (Phi) is 5.48. The number of rotatable bonds is 6. The van der Waals surface area contributed by atoms with Crippen LogP contribution in [-0.2, 0) is 13.0 Å². The highest BCUT2D eigenvalue weighted by Crippen LogP contribution is 2.19. The summed E-state index contributed by atoms with van der Waals surface area (Å²) in [6.07, 6.45) is 2.21. The van der Waals surface area contributed by atoms with Crippen molar-refractivity contribution in [1.29, 1.82) is 0 Å². The minimum atomic E-state index is 0.514. The zero-order chi connectivity index (χ0) is 17.8. The van der Waals surface area contributed by atoms with Crippen LogP contribution in [0.5, 0.6) is 0 Å². The molecule has 1 aromatic carbocycles. The maximum absolute atomic E-state index is 5.83. The Hall–Kier alpha value is -1.95. The number of aromatic nitrogens is 1. The van der Waals surface area contributed by atoms with E-state index in [-0.39, 0.29) is 0 Å². The van der Waals surface area contributed by atoms with Crippen LogP contribution in [0.15, 0.2) is 48.5 Å². The van der Waals surface area contributed by atoms with Gasteiger partial charge in [-0.1, -0.05) is 36.4 Å². The lowest BCUT2D eigenvalue weighted by Gasteiger charge is -2.24. The topological polar surface area (TPSA) is 66.2 Å². The molecule has 0 aliphatic carbocycles. The molecule has 1 aromatic heterocycles. The molecule has 26 heavy (non-hydrogen) atoms. The van der Waals surface area contributed by atoms with E-state index in [0.29, 0.717) is 23.8 Å². The Morgan fingerprint density at radius 2 is 2.00 bits per heavy atom. The Bertz CT molecular complexity index is 705. The molecule has 0 amide bonds. The number of nitrogens with one attached hydrogen (secondary N) is 2. The van der Waals surface area contributed by atoms with Gasteiger partial charge in [-0.05, 0) is 43.0 Å². The number of likely N-dealkylation sites (tertiary alicyclic amines) is 1. The molecular weight excluding hydrogens is 322 g/mol. The molecule has 0 spiro atoms. The molecule has 5 nitrogen and oxygen atoms in total. The number of nitrogen functional groups attached to an aromatic ring is 1. The number of nitrogens with two attached hydrogens (primary N) is 1. The molecule has 2 fully saturated rings. The lowest BCUT2D eigenvalue weighted by molar-refractivity contribution is 0.307. The standard InChI is InChI=1S/C21H29N5/c22-21-8-4-7-18(25-21)11-17-12-23-13-20(17)24-19-9-10-26(15-19)14-16-5-2-1-3-6-16/h1-8,17,19-20,23-24H,9-15H2,(H2,22,25)/t17?,19-,20?/m1/s1. The third-order valence-corrected chi connectivity index (χ3v) is 5.61. The van der Waals surface area contributed by atoms with Gasteiger partial charge >= 0.3 is 0 Å². The first-order chi connectivity index (χ1) is 12.8. The minimum absolute atomic E-state index is 0.514. The van der Waals surface area contributed by atoms with Gasteiger partial charge in [-0.25, -0.2) is 4.98 Å². The van der Waals surface area contributed by atoms with Crippen molar-refractivity contribution in [1.82, 2.24) is 20.5 Å². The SMILES string of the molecule is Nc1cccc(CC2CNCC2N[C@@H]2CCN(Cc3ccccc3)C2)n1. The van der Waals surface area contributed by atoms with Crippen molar-refractivity contribution in [3.63, 3.8) is 0 Å². The van der Waals surface area contributed by atoms with E-state index >= 15 is 0 Å². The van der Waals surface area contributed by atoms with Gasteiger partial charge in [-0.2, -0.15) is 0 Å². The van der Waals surface area contributed by atoms with Gasteiger partial charge in [0, 0.05) is 44.0 Å². The smallest absolute Gasteiger partial charge is 0.123 e. The van der Waals surface area contributed by atoms with Crippen LogP contribution in [0.3, 0.4) is 0 Å². The van der Waals surface area contributed by atoms with E-state index in [1.807, 2.05) is 12.1 Å². The fraction of sp³-hybridized carbons (Fsp3) is 0.476. The van der Waals surface area contributed by atoms with E-state index in [4.69, 9.17) is 5.73 Å². The molecule has 2 unspecified atom stereocenters. The predicted molar refractivity (Wildman–Crippen MR) is 106 cm³/mol. The number of hydrogen-bond acceptors (Lipinski definition) is 5. The minimum Gasteiger partial charge on any atom is -0.384 e. The lowest BCUT2D eigenvalue weighted by Crippen LogP contribution is -2.44. The van der Waals surface area contributed by atoms with Gasteiger partial charge in [0.1, 0.15) is 5.82 Å². The van der Waals surface area contributed by atoms with Crippen molar-refractivity contribution in [3.8, 4) is 0 Å². The molecule has 138 valence electrons. The van der Waals surface area contributed by atoms with E-state index in [1.54, 1.807) is 0 Å². The molecule has 0 saturated carbocycles. The summed E-state index contributed by atoms with van der Waals surface area (Å²) in [5.74, 6) is 1.19. The second-order valence-corrected chi connectivity index (χ2v) is 7.66. The van der Waals surface area contributed by atoms with Crippen molar-refractivity contribution in [2.75, 3.05) is 31.9 Å². The summed E-state index contributed by atoms with van der Waals surface area (Å²) in [5, 5.41) is 7.46. The molecule has 0 bridgehead atoms. The summed E-state index contributed by atoms with van der Waals surface area (Å²) >= 11 is 0. The summed E-state index contributed by atoms with van der Waals surface area (Å²) < 4.78 is 0. The van der Waals surface area contributed by atoms with E-state index < -0.39 is 0 Å². The Balaban J connectivity index is 1.29. The van der Waals surface area contributed by atoms with E-state index in [0.717, 1.165) is 38.3 Å². The van der Waals surface area contributed by atoms with Gasteiger partial charge in [0.15, 0.2) is 0 Å². The zero-order valence-electron chi connectivity index (χ0n) is 15.3. The molecule has 2 aliphatic heterocycles. The molecule has 4 N–H and O–H groups in total. The first-order valence-corrected chi connectivity index (χ1v) is 9.71. The van der Waals surface area contributed by atoms with Gasteiger partial charge in [-0.15, -0.1) is 0 Å². The maximum Gasteiger partial charge on any atom is 0.123 e. The van der Waals surface area contributed by atoms with Gasteiger partial charge < -0.3 is 16.4 Å². The van der Waals surface area contributed by atoms with Crippen LogP contribution in [0.1, 0.15) is 17.7 Å². The van der Waals surface area contributed by atoms with Gasteiger partial charge in [-0.3, -0.25) is 4.90 Å². The molecule has 2 aliphatic rings. The highest BCUT2D eigenvalue weighted by Gasteiger charge is 2.31. The number of anilines is 1. The van der Waals surface area contributed by atoms with Crippen molar-refractivity contribution in [2.45, 2.75) is 31.5 Å². The lowest BCUT2D eigenvalue weighted by atomic mass is 9.96. The van der Waals surface area contributed by atoms with Crippen LogP contribution < -0.4 is 16.4 Å². The molecule has 0 radical (unpaired) electrons. The van der Waals surface area contributed by atoms with Crippen LogP contribution in [0, 0.1) is 5.92 Å². The van der Waals surface area contributed by atoms with Crippen molar-refractivity contribution < 1.29 is 0 Å². The summed E-state index contributed by atoms with van der Waals surface area (Å²) in [6, 6.07) is 17.8. The van der Waals surface area contributed by atoms with Crippen LogP contribution in [0.4, 0.5) is 5.82 Å². The van der Waals surface area contributed by atoms with Gasteiger partial charge in [0.2, 0.25) is 0 Å². The summed E-state index contributed by atoms with van der Waals surface area (Å²) in [5.41, 5.74) is 8.33. The molecule has 3 atom stereocenters. The first-order valence-electron chi connectivity index (χ1n) is 9.71. The van der Waals surface area contributed by atoms with Crippen LogP contribution in [0.25, 0.3) is 0 Å². The second kappa shape index (κ2) is 8.16. The Labute approximate surface area is 156 Å². The average molecular weight is 351 g/mol. The quantitative estimate of drug-likeness (QED) is 0.739. The molecule has 2 saturated heterocycles. The third kappa shape index (κ3) is 4.41. The fourth-order valence-electron chi connectivity index (χ4n) is 4.28. The normalized spacial score (nSPS) is 26.4. The second-order valence-electron chi connectivity index (χ2n) is 7.66. The largest absolute Gasteiger partial charge is 0.384 e. The highest BCUT2D eigenvalue weighted by molar-refractivity contribution is 5.29. The molecule has 4 rings (SSSR count). The van der Waals surface area contributed by atoms with Crippen LogP contribution >= 0.6 is 0 Å². The molecule has 2 aromatic rings. The van der Waals surface area contributed by atoms with E-state index in [1.165, 1.54) is 18.5 Å². The zero-order valence-corrected chi connectivity index (χ0v) is 15.3. The van der Waals surface area contributed by atoms with Crippen LogP contribution in [-0.4, -0.2) is 48.1 Å². The third-order valence-electron chi connectivity index (χ3n) is 5.61. The van der Waals surface area contributed by atoms with Gasteiger partial charge in [0.05, 0.1) is 0 Å². The first kappa shape index (κ1) is 17.5. The Morgan fingerprint density at radius 1 is 1.12 bits per heavy atom. The van der Waals surface area contributed by atoms with E-state index in [2.05, 4.69) is 56.9 Å². The summed E-state index contributed by atoms with van der Waals surface area (Å²) in [7, 11) is 0. The van der Waals surface area contributed by atoms with Crippen molar-refractivity contribution in [3.05, 3.63) is 59.8 Å². The predicted octanol–water partition coefficient (Wildman–Crippen LogP) is 1.66. The van der Waals surface area contributed by atoms with Crippen LogP contribution in [0.2, 0.25) is 0 Å². The number of benzene rings is 1. The molecule has 3 heterocycles. The monoisotopic (exact) mass is 351 g/mol. The fourth-order valence-corrected chi connectivity index (χ4v) is 4.28. The molecular formula is C21H29N5. The Morgan fingerprint density at radius 3 is 2.85 bits per heavy atom. The number of nitrogens with zero attached hydrogens (tertiary/aromatic N) is 2. The maximum atomic E-state index is 5.83. The highest BCUT2D eigenvalue weighted by atomic mass is 15.2. The molecule has 5 heteroatoms. The summed E-state index contributed by atoms with van der Waals surface area (Å²) in [4.78, 5) is 7.04. The average Bonchev–Trinajstić information content (AvgIpc) is 3.26. The van der Waals surface area contributed by atoms with Crippen molar-refractivity contribution >= 4 is 5.82 Å². The summed E-state index contributed by atoms with van der Waals surface area (Å²) in [6.45, 7) is 5.46.